The van der Waals surface area contributed by atoms with Gasteiger partial charge in [0.15, 0.2) is 0 Å². The van der Waals surface area contributed by atoms with Crippen LogP contribution in [0, 0.1) is 5.92 Å². The maximum absolute atomic E-state index is 11.9. The Labute approximate surface area is 109 Å². The highest BCUT2D eigenvalue weighted by molar-refractivity contribution is 5.85. The molecule has 1 N–H and O–H groups in total. The summed E-state index contributed by atoms with van der Waals surface area (Å²) in [6, 6.07) is 0. The van der Waals surface area contributed by atoms with Crippen LogP contribution in [0.25, 0.3) is 0 Å². The van der Waals surface area contributed by atoms with Crippen LogP contribution < -0.4 is 5.32 Å². The van der Waals surface area contributed by atoms with E-state index in [0.29, 0.717) is 13.2 Å². The Balaban J connectivity index is 0.00000144. The first-order valence-electron chi connectivity index (χ1n) is 6.39. The second-order valence-electron chi connectivity index (χ2n) is 4.82. The Hall–Kier alpha value is -0.320. The van der Waals surface area contributed by atoms with Crippen LogP contribution in [-0.2, 0) is 9.53 Å². The van der Waals surface area contributed by atoms with Gasteiger partial charge in [0, 0.05) is 13.1 Å². The number of halogens is 1. The Morgan fingerprint density at radius 2 is 2.24 bits per heavy atom. The molecule has 17 heavy (non-hydrogen) atoms. The third kappa shape index (κ3) is 4.82. The normalized spacial score (nSPS) is 24.3. The van der Waals surface area contributed by atoms with Gasteiger partial charge in [0.05, 0.1) is 19.3 Å². The van der Waals surface area contributed by atoms with E-state index in [0.717, 1.165) is 32.0 Å². The van der Waals surface area contributed by atoms with Gasteiger partial charge in [-0.05, 0) is 31.7 Å². The van der Waals surface area contributed by atoms with E-state index in [9.17, 15) is 4.79 Å². The topological polar surface area (TPSA) is 41.6 Å². The zero-order valence-corrected chi connectivity index (χ0v) is 11.3. The van der Waals surface area contributed by atoms with E-state index >= 15 is 0 Å². The van der Waals surface area contributed by atoms with Crippen molar-refractivity contribution < 1.29 is 9.53 Å². The molecule has 1 atom stereocenters. The molecular weight excluding hydrogens is 240 g/mol. The lowest BCUT2D eigenvalue weighted by Gasteiger charge is -2.32. The second kappa shape index (κ2) is 7.19. The van der Waals surface area contributed by atoms with Crippen molar-refractivity contribution in [3.05, 3.63) is 0 Å². The van der Waals surface area contributed by atoms with Gasteiger partial charge in [-0.1, -0.05) is 6.92 Å². The van der Waals surface area contributed by atoms with Crippen molar-refractivity contribution in [2.75, 3.05) is 32.8 Å². The van der Waals surface area contributed by atoms with Crippen LogP contribution in [0.3, 0.4) is 0 Å². The van der Waals surface area contributed by atoms with Crippen molar-refractivity contribution in [2.24, 2.45) is 5.92 Å². The molecule has 0 radical (unpaired) electrons. The second-order valence-corrected chi connectivity index (χ2v) is 4.82. The van der Waals surface area contributed by atoms with E-state index in [4.69, 9.17) is 4.74 Å². The molecule has 1 saturated carbocycles. The minimum absolute atomic E-state index is 0. The lowest BCUT2D eigenvalue weighted by molar-refractivity contribution is -0.137. The molecule has 1 unspecified atom stereocenters. The summed E-state index contributed by atoms with van der Waals surface area (Å²) in [6.07, 6.45) is 3.88. The minimum atomic E-state index is 0. The molecule has 0 spiro atoms. The third-order valence-corrected chi connectivity index (χ3v) is 3.35. The van der Waals surface area contributed by atoms with Crippen molar-refractivity contribution in [1.82, 2.24) is 10.2 Å². The molecule has 0 aromatic carbocycles. The van der Waals surface area contributed by atoms with Crippen LogP contribution in [0.4, 0.5) is 0 Å². The molecule has 1 amide bonds. The van der Waals surface area contributed by atoms with E-state index in [1.54, 1.807) is 0 Å². The van der Waals surface area contributed by atoms with Crippen molar-refractivity contribution in [3.63, 3.8) is 0 Å². The molecule has 2 fully saturated rings. The zero-order chi connectivity index (χ0) is 11.4. The van der Waals surface area contributed by atoms with Gasteiger partial charge in [-0.3, -0.25) is 4.79 Å². The van der Waals surface area contributed by atoms with Crippen LogP contribution >= 0.6 is 12.4 Å². The first kappa shape index (κ1) is 14.7. The highest BCUT2D eigenvalue weighted by atomic mass is 35.5. The summed E-state index contributed by atoms with van der Waals surface area (Å²) in [5.74, 6) is 1.06. The van der Waals surface area contributed by atoms with Gasteiger partial charge < -0.3 is 15.0 Å². The summed E-state index contributed by atoms with van der Waals surface area (Å²) in [7, 11) is 0. The summed E-state index contributed by atoms with van der Waals surface area (Å²) >= 11 is 0. The number of rotatable bonds is 5. The molecular formula is C12H23ClN2O2. The molecule has 5 heteroatoms. The van der Waals surface area contributed by atoms with Gasteiger partial charge in [-0.15, -0.1) is 12.4 Å². The van der Waals surface area contributed by atoms with Gasteiger partial charge in [0.1, 0.15) is 0 Å². The number of amides is 1. The molecule has 1 aliphatic heterocycles. The smallest absolute Gasteiger partial charge is 0.236 e. The van der Waals surface area contributed by atoms with Gasteiger partial charge in [0.2, 0.25) is 5.91 Å². The molecule has 2 rings (SSSR count). The summed E-state index contributed by atoms with van der Waals surface area (Å²) in [4.78, 5) is 13.8. The molecule has 100 valence electrons. The maximum atomic E-state index is 11.9. The van der Waals surface area contributed by atoms with E-state index < -0.39 is 0 Å². The Kier molecular flexibility index (Phi) is 6.23. The predicted molar refractivity (Wildman–Crippen MR) is 69.5 cm³/mol. The first-order valence-corrected chi connectivity index (χ1v) is 6.39. The molecule has 1 saturated heterocycles. The summed E-state index contributed by atoms with van der Waals surface area (Å²) in [5, 5.41) is 3.25. The fourth-order valence-corrected chi connectivity index (χ4v) is 2.01. The number of morpholine rings is 1. The standard InChI is InChI=1S/C12H22N2O2.ClH/c1-2-11-9-14(5-6-16-11)12(15)8-13-7-10-3-4-10;/h10-11,13H,2-9H2,1H3;1H. The lowest BCUT2D eigenvalue weighted by Crippen LogP contribution is -2.48. The van der Waals surface area contributed by atoms with Crippen LogP contribution in [0.2, 0.25) is 0 Å². The number of hydrogen-bond acceptors (Lipinski definition) is 3. The monoisotopic (exact) mass is 262 g/mol. The van der Waals surface area contributed by atoms with Crippen molar-refractivity contribution >= 4 is 18.3 Å². The molecule has 4 nitrogen and oxygen atoms in total. The Morgan fingerprint density at radius 1 is 1.47 bits per heavy atom. The molecule has 0 bridgehead atoms. The van der Waals surface area contributed by atoms with Crippen LogP contribution in [-0.4, -0.2) is 49.7 Å². The van der Waals surface area contributed by atoms with Gasteiger partial charge >= 0.3 is 0 Å². The summed E-state index contributed by atoms with van der Waals surface area (Å²) in [5.41, 5.74) is 0. The van der Waals surface area contributed by atoms with Crippen LogP contribution in [0.15, 0.2) is 0 Å². The van der Waals surface area contributed by atoms with Gasteiger partial charge in [0.25, 0.3) is 0 Å². The highest BCUT2D eigenvalue weighted by Crippen LogP contribution is 2.27. The van der Waals surface area contributed by atoms with Crippen molar-refractivity contribution in [3.8, 4) is 0 Å². The fourth-order valence-electron chi connectivity index (χ4n) is 2.01. The third-order valence-electron chi connectivity index (χ3n) is 3.35. The summed E-state index contributed by atoms with van der Waals surface area (Å²) in [6.45, 7) is 5.80. The lowest BCUT2D eigenvalue weighted by atomic mass is 10.2. The summed E-state index contributed by atoms with van der Waals surface area (Å²) < 4.78 is 5.55. The number of carbonyl (C=O) groups excluding carboxylic acids is 1. The number of ether oxygens (including phenoxy) is 1. The number of nitrogens with zero attached hydrogens (tertiary/aromatic N) is 1. The maximum Gasteiger partial charge on any atom is 0.236 e. The number of hydrogen-bond donors (Lipinski definition) is 1. The number of nitrogens with one attached hydrogen (secondary N) is 1. The molecule has 2 aliphatic rings. The highest BCUT2D eigenvalue weighted by Gasteiger charge is 2.24. The van der Waals surface area contributed by atoms with Crippen molar-refractivity contribution in [1.29, 1.82) is 0 Å². The quantitative estimate of drug-likeness (QED) is 0.805. The minimum Gasteiger partial charge on any atom is -0.375 e. The van der Waals surface area contributed by atoms with Gasteiger partial charge in [-0.25, -0.2) is 0 Å². The average Bonchev–Trinajstić information content (AvgIpc) is 3.13. The largest absolute Gasteiger partial charge is 0.375 e. The fraction of sp³-hybridized carbons (Fsp3) is 0.917. The van der Waals surface area contributed by atoms with Crippen LogP contribution in [0.5, 0.6) is 0 Å². The SMILES string of the molecule is CCC1CN(C(=O)CNCC2CC2)CCO1.Cl. The first-order chi connectivity index (χ1) is 7.79. The zero-order valence-electron chi connectivity index (χ0n) is 10.5. The molecule has 0 aromatic heterocycles. The van der Waals surface area contributed by atoms with E-state index in [-0.39, 0.29) is 24.4 Å². The molecule has 1 heterocycles. The average molecular weight is 263 g/mol. The van der Waals surface area contributed by atoms with E-state index in [1.165, 1.54) is 12.8 Å². The molecule has 0 aromatic rings. The predicted octanol–water partition coefficient (Wildman–Crippen LogP) is 1.05. The van der Waals surface area contributed by atoms with E-state index in [1.807, 2.05) is 4.90 Å². The van der Waals surface area contributed by atoms with Crippen molar-refractivity contribution in [2.45, 2.75) is 32.3 Å². The Morgan fingerprint density at radius 3 is 2.88 bits per heavy atom. The Bertz CT molecular complexity index is 247. The van der Waals surface area contributed by atoms with Gasteiger partial charge in [-0.2, -0.15) is 0 Å². The van der Waals surface area contributed by atoms with E-state index in [2.05, 4.69) is 12.2 Å². The van der Waals surface area contributed by atoms with Crippen LogP contribution in [0.1, 0.15) is 26.2 Å². The number of carbonyl (C=O) groups is 1. The molecule has 1 aliphatic carbocycles.